The zero-order chi connectivity index (χ0) is 11.6. The standard InChI is InChI=1S/C8H17O5PS/c1-5-7(9)8(11-2)6(13-5)4-12-14(3,10)15/h5-9H,4H2,1-3H3,(H,10,15)/p-1/t5-,6+,7-,8+,14?/m1/s1. The lowest BCUT2D eigenvalue weighted by Crippen LogP contribution is -2.35. The van der Waals surface area contributed by atoms with Crippen molar-refractivity contribution in [2.45, 2.75) is 31.3 Å². The molecule has 1 N–H and O–H groups in total. The van der Waals surface area contributed by atoms with Gasteiger partial charge in [0, 0.05) is 7.11 Å². The molecule has 1 unspecified atom stereocenters. The number of rotatable bonds is 4. The molecule has 7 heteroatoms. The Morgan fingerprint density at radius 1 is 1.60 bits per heavy atom. The summed E-state index contributed by atoms with van der Waals surface area (Å²) in [5.74, 6) is 0. The number of ether oxygens (including phenoxy) is 2. The number of methoxy groups -OCH3 is 1. The third-order valence-electron chi connectivity index (χ3n) is 2.32. The lowest BCUT2D eigenvalue weighted by Gasteiger charge is -2.26. The zero-order valence-corrected chi connectivity index (χ0v) is 10.7. The highest BCUT2D eigenvalue weighted by molar-refractivity contribution is 8.08. The summed E-state index contributed by atoms with van der Waals surface area (Å²) < 4.78 is 15.5. The normalized spacial score (nSPS) is 40.3. The fourth-order valence-electron chi connectivity index (χ4n) is 1.55. The predicted octanol–water partition coefficient (Wildman–Crippen LogP) is -0.534. The van der Waals surface area contributed by atoms with Crippen LogP contribution in [0.4, 0.5) is 0 Å². The number of hydrogen-bond acceptors (Lipinski definition) is 6. The summed E-state index contributed by atoms with van der Waals surface area (Å²) in [7, 11) is 1.49. The average molecular weight is 255 g/mol. The minimum atomic E-state index is -2.93. The van der Waals surface area contributed by atoms with Crippen LogP contribution in [-0.4, -0.2) is 49.9 Å². The summed E-state index contributed by atoms with van der Waals surface area (Å²) in [4.78, 5) is 11.2. The van der Waals surface area contributed by atoms with Crippen LogP contribution in [0.2, 0.25) is 0 Å². The van der Waals surface area contributed by atoms with Crippen molar-refractivity contribution in [1.82, 2.24) is 0 Å². The summed E-state index contributed by atoms with van der Waals surface area (Å²) in [5, 5.41) is 9.66. The molecule has 0 amide bonds. The second kappa shape index (κ2) is 5.19. The fourth-order valence-corrected chi connectivity index (χ4v) is 2.16. The average Bonchev–Trinajstić information content (AvgIpc) is 2.38. The molecule has 1 aliphatic rings. The maximum absolute atomic E-state index is 11.2. The van der Waals surface area contributed by atoms with Crippen molar-refractivity contribution in [3.63, 3.8) is 0 Å². The first-order valence-electron chi connectivity index (χ1n) is 4.64. The highest BCUT2D eigenvalue weighted by Gasteiger charge is 2.41. The summed E-state index contributed by atoms with van der Waals surface area (Å²) >= 11 is 4.63. The second-order valence-corrected chi connectivity index (χ2v) is 7.43. The lowest BCUT2D eigenvalue weighted by atomic mass is 10.1. The van der Waals surface area contributed by atoms with Gasteiger partial charge in [-0.1, -0.05) is 11.8 Å². The van der Waals surface area contributed by atoms with Crippen molar-refractivity contribution in [3.8, 4) is 0 Å². The fraction of sp³-hybridized carbons (Fsp3) is 1.00. The van der Waals surface area contributed by atoms with Gasteiger partial charge < -0.3 is 24.0 Å². The van der Waals surface area contributed by atoms with Crippen molar-refractivity contribution < 1.29 is 24.0 Å². The van der Waals surface area contributed by atoms with Crippen molar-refractivity contribution >= 4 is 18.3 Å². The molecular formula is C8H16O5PS-. The molecule has 0 aromatic rings. The molecule has 0 spiro atoms. The van der Waals surface area contributed by atoms with Crippen LogP contribution in [-0.2, 0) is 25.8 Å². The predicted molar refractivity (Wildman–Crippen MR) is 57.3 cm³/mol. The van der Waals surface area contributed by atoms with Crippen LogP contribution < -0.4 is 4.89 Å². The molecule has 0 saturated carbocycles. The van der Waals surface area contributed by atoms with Gasteiger partial charge in [-0.15, -0.1) is 0 Å². The molecule has 5 nitrogen and oxygen atoms in total. The molecule has 1 aliphatic heterocycles. The van der Waals surface area contributed by atoms with Crippen LogP contribution in [0.25, 0.3) is 0 Å². The minimum absolute atomic E-state index is 0.0805. The van der Waals surface area contributed by atoms with Crippen LogP contribution in [0, 0.1) is 0 Å². The summed E-state index contributed by atoms with van der Waals surface area (Å²) in [6, 6.07) is 0. The molecule has 0 radical (unpaired) electrons. The molecule has 1 saturated heterocycles. The molecule has 0 aliphatic carbocycles. The maximum Gasteiger partial charge on any atom is 0.114 e. The molecule has 0 aromatic carbocycles. The Kier molecular flexibility index (Phi) is 4.67. The Morgan fingerprint density at radius 3 is 2.67 bits per heavy atom. The van der Waals surface area contributed by atoms with Crippen LogP contribution >= 0.6 is 6.49 Å². The number of aliphatic hydroxyl groups excluding tert-OH is 1. The molecule has 0 aromatic heterocycles. The molecule has 90 valence electrons. The van der Waals surface area contributed by atoms with Crippen molar-refractivity contribution in [3.05, 3.63) is 0 Å². The van der Waals surface area contributed by atoms with Crippen LogP contribution in [0.3, 0.4) is 0 Å². The first kappa shape index (κ1) is 13.5. The molecule has 15 heavy (non-hydrogen) atoms. The topological polar surface area (TPSA) is 71.0 Å². The van der Waals surface area contributed by atoms with E-state index in [-0.39, 0.29) is 12.7 Å². The second-order valence-electron chi connectivity index (χ2n) is 3.64. The van der Waals surface area contributed by atoms with E-state index in [1.165, 1.54) is 13.8 Å². The Morgan fingerprint density at radius 2 is 2.20 bits per heavy atom. The molecule has 1 rings (SSSR count). The Labute approximate surface area is 94.5 Å². The van der Waals surface area contributed by atoms with Gasteiger partial charge in [0.2, 0.25) is 0 Å². The van der Waals surface area contributed by atoms with E-state index in [0.29, 0.717) is 0 Å². The SMILES string of the molecule is CO[C@@H]1[C@H](O)[C@@H](C)O[C@H]1COP(C)([O-])=S. The third-order valence-corrected chi connectivity index (χ3v) is 3.25. The van der Waals surface area contributed by atoms with Gasteiger partial charge in [-0.05, 0) is 20.1 Å². The summed E-state index contributed by atoms with van der Waals surface area (Å²) in [6.45, 7) is 0.258. The quantitative estimate of drug-likeness (QED) is 0.681. The highest BCUT2D eigenvalue weighted by atomic mass is 32.5. The van der Waals surface area contributed by atoms with Gasteiger partial charge in [-0.25, -0.2) is 0 Å². The zero-order valence-electron chi connectivity index (χ0n) is 8.95. The number of aliphatic hydroxyl groups is 1. The van der Waals surface area contributed by atoms with E-state index in [1.807, 2.05) is 0 Å². The van der Waals surface area contributed by atoms with Crippen LogP contribution in [0.1, 0.15) is 6.92 Å². The van der Waals surface area contributed by atoms with Crippen molar-refractivity contribution in [2.75, 3.05) is 20.4 Å². The highest BCUT2D eigenvalue weighted by Crippen LogP contribution is 2.34. The van der Waals surface area contributed by atoms with Gasteiger partial charge in [0.15, 0.2) is 0 Å². The Balaban J connectivity index is 2.52. The maximum atomic E-state index is 11.2. The van der Waals surface area contributed by atoms with Crippen molar-refractivity contribution in [2.24, 2.45) is 0 Å². The van der Waals surface area contributed by atoms with Gasteiger partial charge in [-0.3, -0.25) is 0 Å². The first-order chi connectivity index (χ1) is 6.85. The van der Waals surface area contributed by atoms with Gasteiger partial charge in [-0.2, -0.15) is 0 Å². The Hall–Kier alpha value is 0.450. The molecule has 0 bridgehead atoms. The van der Waals surface area contributed by atoms with Crippen molar-refractivity contribution in [1.29, 1.82) is 0 Å². The van der Waals surface area contributed by atoms with Gasteiger partial charge in [0.1, 0.15) is 18.3 Å². The van der Waals surface area contributed by atoms with Gasteiger partial charge in [0.05, 0.1) is 12.7 Å². The van der Waals surface area contributed by atoms with Crippen LogP contribution in [0.5, 0.6) is 0 Å². The molecule has 1 fully saturated rings. The summed E-state index contributed by atoms with van der Waals surface area (Å²) in [6.07, 6.45) is -1.88. The van der Waals surface area contributed by atoms with E-state index in [4.69, 9.17) is 14.0 Å². The molecular weight excluding hydrogens is 239 g/mol. The largest absolute Gasteiger partial charge is 0.801 e. The summed E-state index contributed by atoms with van der Waals surface area (Å²) in [5.41, 5.74) is 0. The van der Waals surface area contributed by atoms with E-state index in [9.17, 15) is 10.00 Å². The molecule has 1 heterocycles. The monoisotopic (exact) mass is 255 g/mol. The van der Waals surface area contributed by atoms with E-state index in [0.717, 1.165) is 0 Å². The third kappa shape index (κ3) is 3.75. The van der Waals surface area contributed by atoms with Gasteiger partial charge in [0.25, 0.3) is 0 Å². The smallest absolute Gasteiger partial charge is 0.114 e. The lowest BCUT2D eigenvalue weighted by molar-refractivity contribution is -0.183. The Bertz CT molecular complexity index is 255. The van der Waals surface area contributed by atoms with E-state index in [2.05, 4.69) is 11.8 Å². The van der Waals surface area contributed by atoms with Crippen LogP contribution in [0.15, 0.2) is 0 Å². The molecule has 5 atom stereocenters. The first-order valence-corrected chi connectivity index (χ1v) is 7.73. The number of hydrogen-bond donors (Lipinski definition) is 1. The van der Waals surface area contributed by atoms with E-state index < -0.39 is 24.8 Å². The van der Waals surface area contributed by atoms with E-state index >= 15 is 0 Å². The van der Waals surface area contributed by atoms with E-state index in [1.54, 1.807) is 6.92 Å². The minimum Gasteiger partial charge on any atom is -0.801 e. The van der Waals surface area contributed by atoms with Gasteiger partial charge >= 0.3 is 0 Å².